The molecule has 0 aliphatic rings. The van der Waals surface area contributed by atoms with Gasteiger partial charge in [-0.15, -0.1) is 0 Å². The van der Waals surface area contributed by atoms with E-state index >= 15 is 0 Å². The number of amides is 2. The Hall–Kier alpha value is -3.35. The second-order valence-corrected chi connectivity index (χ2v) is 5.95. The molecular weight excluding hydrogens is 346 g/mol. The van der Waals surface area contributed by atoms with E-state index in [-0.39, 0.29) is 12.3 Å². The molecule has 2 rings (SSSR count). The molecule has 7 nitrogen and oxygen atoms in total. The number of methoxy groups -OCH3 is 2. The summed E-state index contributed by atoms with van der Waals surface area (Å²) in [5.41, 5.74) is 5.12. The van der Waals surface area contributed by atoms with Gasteiger partial charge < -0.3 is 14.8 Å². The van der Waals surface area contributed by atoms with Crippen molar-refractivity contribution < 1.29 is 19.1 Å². The zero-order valence-corrected chi connectivity index (χ0v) is 15.8. The smallest absolute Gasteiger partial charge is 0.271 e. The number of nitrogens with zero attached hydrogens (tertiary/aromatic N) is 1. The van der Waals surface area contributed by atoms with Crippen molar-refractivity contribution in [2.24, 2.45) is 5.10 Å². The lowest BCUT2D eigenvalue weighted by Gasteiger charge is -2.09. The molecular formula is C20H23N3O4. The third kappa shape index (κ3) is 5.85. The number of hydrogen-bond donors (Lipinski definition) is 2. The van der Waals surface area contributed by atoms with Gasteiger partial charge in [-0.2, -0.15) is 5.10 Å². The van der Waals surface area contributed by atoms with E-state index in [0.717, 1.165) is 5.56 Å². The highest BCUT2D eigenvalue weighted by Crippen LogP contribution is 2.27. The van der Waals surface area contributed by atoms with Crippen molar-refractivity contribution in [3.05, 3.63) is 53.6 Å². The van der Waals surface area contributed by atoms with Crippen LogP contribution < -0.4 is 20.2 Å². The molecule has 2 N–H and O–H groups in total. The second kappa shape index (κ2) is 9.38. The van der Waals surface area contributed by atoms with Crippen LogP contribution in [-0.4, -0.2) is 31.7 Å². The minimum atomic E-state index is -0.408. The summed E-state index contributed by atoms with van der Waals surface area (Å²) >= 11 is 0. The Morgan fingerprint density at radius 1 is 1.00 bits per heavy atom. The van der Waals surface area contributed by atoms with Crippen molar-refractivity contribution in [1.82, 2.24) is 5.43 Å². The van der Waals surface area contributed by atoms with Gasteiger partial charge in [0.1, 0.15) is 0 Å². The van der Waals surface area contributed by atoms with Crippen molar-refractivity contribution in [3.8, 4) is 11.5 Å². The molecule has 0 saturated carbocycles. The second-order valence-electron chi connectivity index (χ2n) is 5.95. The average Bonchev–Trinajstić information content (AvgIpc) is 2.67. The molecule has 0 spiro atoms. The van der Waals surface area contributed by atoms with Gasteiger partial charge >= 0.3 is 0 Å². The molecule has 0 fully saturated rings. The van der Waals surface area contributed by atoms with Crippen LogP contribution in [0.1, 0.15) is 29.3 Å². The first-order valence-corrected chi connectivity index (χ1v) is 8.35. The average molecular weight is 369 g/mol. The molecule has 142 valence electrons. The highest BCUT2D eigenvalue weighted by atomic mass is 16.5. The van der Waals surface area contributed by atoms with Gasteiger partial charge in [0, 0.05) is 17.0 Å². The number of carbonyl (C=O) groups is 2. The molecule has 0 aromatic heterocycles. The van der Waals surface area contributed by atoms with Crippen LogP contribution >= 0.6 is 0 Å². The van der Waals surface area contributed by atoms with Gasteiger partial charge in [0.25, 0.3) is 5.91 Å². The van der Waals surface area contributed by atoms with Gasteiger partial charge in [-0.25, -0.2) is 5.43 Å². The molecule has 7 heteroatoms. The number of rotatable bonds is 7. The maximum Gasteiger partial charge on any atom is 0.271 e. The van der Waals surface area contributed by atoms with Crippen LogP contribution in [0.2, 0.25) is 0 Å². The molecule has 0 saturated heterocycles. The minimum absolute atomic E-state index is 0.0695. The first-order valence-electron chi connectivity index (χ1n) is 8.35. The number of hydrogen-bond acceptors (Lipinski definition) is 5. The highest BCUT2D eigenvalue weighted by molar-refractivity contribution is 6.06. The SMILES string of the molecule is COc1ccc(C(=O)N/N=C(/C)CC(=O)Nc2ccc(C)cc2)cc1OC. The summed E-state index contributed by atoms with van der Waals surface area (Å²) in [4.78, 5) is 24.3. The van der Waals surface area contributed by atoms with Crippen LogP contribution in [0.4, 0.5) is 5.69 Å². The Labute approximate surface area is 158 Å². The third-order valence-corrected chi connectivity index (χ3v) is 3.75. The van der Waals surface area contributed by atoms with Gasteiger partial charge in [0.15, 0.2) is 11.5 Å². The molecule has 0 aliphatic heterocycles. The maximum absolute atomic E-state index is 12.2. The zero-order valence-electron chi connectivity index (χ0n) is 15.8. The molecule has 2 aromatic rings. The predicted molar refractivity (Wildman–Crippen MR) is 105 cm³/mol. The van der Waals surface area contributed by atoms with Crippen LogP contribution in [0.3, 0.4) is 0 Å². The van der Waals surface area contributed by atoms with Crippen LogP contribution in [-0.2, 0) is 4.79 Å². The third-order valence-electron chi connectivity index (χ3n) is 3.75. The minimum Gasteiger partial charge on any atom is -0.493 e. The molecule has 2 aromatic carbocycles. The van der Waals surface area contributed by atoms with Crippen LogP contribution in [0.5, 0.6) is 11.5 Å². The van der Waals surface area contributed by atoms with E-state index in [4.69, 9.17) is 9.47 Å². The number of nitrogens with one attached hydrogen (secondary N) is 2. The van der Waals surface area contributed by atoms with E-state index < -0.39 is 5.91 Å². The number of anilines is 1. The van der Waals surface area contributed by atoms with Crippen LogP contribution in [0.25, 0.3) is 0 Å². The fraction of sp³-hybridized carbons (Fsp3) is 0.250. The Morgan fingerprint density at radius 3 is 2.30 bits per heavy atom. The lowest BCUT2D eigenvalue weighted by molar-refractivity contribution is -0.115. The van der Waals surface area contributed by atoms with E-state index in [9.17, 15) is 9.59 Å². The summed E-state index contributed by atoms with van der Waals surface area (Å²) in [5, 5.41) is 6.76. The molecule has 27 heavy (non-hydrogen) atoms. The Kier molecular flexibility index (Phi) is 6.93. The van der Waals surface area contributed by atoms with Crippen molar-refractivity contribution >= 4 is 23.2 Å². The first-order chi connectivity index (χ1) is 12.9. The molecule has 0 bridgehead atoms. The fourth-order valence-corrected chi connectivity index (χ4v) is 2.30. The summed E-state index contributed by atoms with van der Waals surface area (Å²) in [6, 6.07) is 12.3. The van der Waals surface area contributed by atoms with Gasteiger partial charge in [-0.1, -0.05) is 17.7 Å². The predicted octanol–water partition coefficient (Wildman–Crippen LogP) is 3.15. The number of benzene rings is 2. The summed E-state index contributed by atoms with van der Waals surface area (Å²) in [7, 11) is 3.02. The standard InChI is InChI=1S/C20H23N3O4/c1-13-5-8-16(9-6-13)21-19(24)11-14(2)22-23-20(25)15-7-10-17(26-3)18(12-15)27-4/h5-10,12H,11H2,1-4H3,(H,21,24)(H,23,25)/b22-14-. The Bertz CT molecular complexity index is 845. The van der Waals surface area contributed by atoms with Crippen molar-refractivity contribution in [1.29, 1.82) is 0 Å². The van der Waals surface area contributed by atoms with Gasteiger partial charge in [-0.3, -0.25) is 9.59 Å². The van der Waals surface area contributed by atoms with Crippen molar-refractivity contribution in [3.63, 3.8) is 0 Å². The van der Waals surface area contributed by atoms with E-state index in [1.807, 2.05) is 31.2 Å². The summed E-state index contributed by atoms with van der Waals surface area (Å²) in [6.07, 6.45) is 0.0695. The fourth-order valence-electron chi connectivity index (χ4n) is 2.30. The maximum atomic E-state index is 12.2. The van der Waals surface area contributed by atoms with E-state index in [1.165, 1.54) is 14.2 Å². The molecule has 0 aliphatic carbocycles. The number of aryl methyl sites for hydroxylation is 1. The summed E-state index contributed by atoms with van der Waals surface area (Å²) in [5.74, 6) is 0.361. The zero-order chi connectivity index (χ0) is 19.8. The summed E-state index contributed by atoms with van der Waals surface area (Å²) < 4.78 is 10.3. The molecule has 0 atom stereocenters. The van der Waals surface area contributed by atoms with E-state index in [2.05, 4.69) is 15.8 Å². The Balaban J connectivity index is 1.93. The van der Waals surface area contributed by atoms with Gasteiger partial charge in [0.05, 0.1) is 20.6 Å². The van der Waals surface area contributed by atoms with Crippen LogP contribution in [0, 0.1) is 6.92 Å². The normalized spacial score (nSPS) is 10.9. The van der Waals surface area contributed by atoms with Crippen LogP contribution in [0.15, 0.2) is 47.6 Å². The first kappa shape index (κ1) is 20.0. The molecule has 2 amide bonds. The number of ether oxygens (including phenoxy) is 2. The monoisotopic (exact) mass is 369 g/mol. The summed E-state index contributed by atoms with van der Waals surface area (Å²) in [6.45, 7) is 3.65. The largest absolute Gasteiger partial charge is 0.493 e. The van der Waals surface area contributed by atoms with Gasteiger partial charge in [-0.05, 0) is 44.2 Å². The lowest BCUT2D eigenvalue weighted by Crippen LogP contribution is -2.21. The van der Waals surface area contributed by atoms with Gasteiger partial charge in [0.2, 0.25) is 5.91 Å². The quantitative estimate of drug-likeness (QED) is 0.580. The number of hydrazone groups is 1. The molecule has 0 heterocycles. The highest BCUT2D eigenvalue weighted by Gasteiger charge is 2.11. The van der Waals surface area contributed by atoms with Crippen molar-refractivity contribution in [2.75, 3.05) is 19.5 Å². The molecule has 0 radical (unpaired) electrons. The lowest BCUT2D eigenvalue weighted by atomic mass is 10.2. The number of carbonyl (C=O) groups excluding carboxylic acids is 2. The van der Waals surface area contributed by atoms with E-state index in [1.54, 1.807) is 25.1 Å². The molecule has 0 unspecified atom stereocenters. The Morgan fingerprint density at radius 2 is 1.67 bits per heavy atom. The topological polar surface area (TPSA) is 89.0 Å². The van der Waals surface area contributed by atoms with E-state index in [0.29, 0.717) is 28.5 Å². The van der Waals surface area contributed by atoms with Crippen molar-refractivity contribution in [2.45, 2.75) is 20.3 Å².